The lowest BCUT2D eigenvalue weighted by molar-refractivity contribution is 0.461. The molecule has 0 radical (unpaired) electrons. The molecule has 0 aliphatic heterocycles. The van der Waals surface area contributed by atoms with Gasteiger partial charge in [-0.3, -0.25) is 0 Å². The van der Waals surface area contributed by atoms with Gasteiger partial charge in [-0.25, -0.2) is 4.98 Å². The van der Waals surface area contributed by atoms with E-state index in [1.807, 2.05) is 17.1 Å². The average molecular weight is 257 g/mol. The number of aromatic nitrogens is 2. The van der Waals surface area contributed by atoms with Gasteiger partial charge in [-0.15, -0.1) is 0 Å². The number of hydrogen-bond donors (Lipinski definition) is 1. The quantitative estimate of drug-likeness (QED) is 0.857. The number of benzene rings is 1. The van der Waals surface area contributed by atoms with Crippen molar-refractivity contribution in [3.05, 3.63) is 48.5 Å². The molecule has 1 aromatic carbocycles. The molecule has 0 aliphatic rings. The Morgan fingerprint density at radius 3 is 2.53 bits per heavy atom. The van der Waals surface area contributed by atoms with Crippen LogP contribution in [0.1, 0.15) is 38.8 Å². The van der Waals surface area contributed by atoms with E-state index in [1.165, 1.54) is 12.0 Å². The van der Waals surface area contributed by atoms with E-state index in [-0.39, 0.29) is 0 Å². The minimum Gasteiger partial charge on any atom is -0.310 e. The Hall–Kier alpha value is -1.61. The molecule has 3 heteroatoms. The molecule has 2 rings (SSSR count). The number of nitrogens with zero attached hydrogens (tertiary/aromatic N) is 2. The van der Waals surface area contributed by atoms with Crippen LogP contribution < -0.4 is 5.32 Å². The van der Waals surface area contributed by atoms with Crippen LogP contribution in [0.5, 0.6) is 0 Å². The smallest absolute Gasteiger partial charge is 0.0991 e. The summed E-state index contributed by atoms with van der Waals surface area (Å²) in [7, 11) is 0. The van der Waals surface area contributed by atoms with Gasteiger partial charge in [-0.2, -0.15) is 0 Å². The zero-order chi connectivity index (χ0) is 13.7. The van der Waals surface area contributed by atoms with Gasteiger partial charge < -0.3 is 9.88 Å². The first kappa shape index (κ1) is 13.8. The average Bonchev–Trinajstić information content (AvgIpc) is 2.98. The first-order valence-corrected chi connectivity index (χ1v) is 7.02. The summed E-state index contributed by atoms with van der Waals surface area (Å²) in [6.07, 6.45) is 6.79. The van der Waals surface area contributed by atoms with E-state index < -0.39 is 0 Å². The minimum absolute atomic E-state index is 0.394. The summed E-state index contributed by atoms with van der Waals surface area (Å²) in [5.74, 6) is 0.729. The lowest BCUT2D eigenvalue weighted by atomic mass is 10.1. The molecule has 0 fully saturated rings. The molecule has 0 saturated carbocycles. The molecule has 102 valence electrons. The second-order valence-electron chi connectivity index (χ2n) is 5.20. The molecular weight excluding hydrogens is 234 g/mol. The first-order chi connectivity index (χ1) is 9.20. The van der Waals surface area contributed by atoms with Crippen molar-refractivity contribution >= 4 is 0 Å². The maximum atomic E-state index is 4.06. The molecule has 3 nitrogen and oxygen atoms in total. The summed E-state index contributed by atoms with van der Waals surface area (Å²) in [5.41, 5.74) is 2.47. The Morgan fingerprint density at radius 2 is 1.95 bits per heavy atom. The molecule has 19 heavy (non-hydrogen) atoms. The van der Waals surface area contributed by atoms with Gasteiger partial charge >= 0.3 is 0 Å². The van der Waals surface area contributed by atoms with Crippen LogP contribution in [0.4, 0.5) is 0 Å². The van der Waals surface area contributed by atoms with Crippen molar-refractivity contribution in [3.8, 4) is 5.69 Å². The van der Waals surface area contributed by atoms with Crippen molar-refractivity contribution in [1.82, 2.24) is 14.9 Å². The predicted octanol–water partition coefficient (Wildman–Crippen LogP) is 3.57. The van der Waals surface area contributed by atoms with E-state index in [2.05, 4.69) is 55.3 Å². The number of rotatable bonds is 6. The van der Waals surface area contributed by atoms with E-state index in [0.29, 0.717) is 6.04 Å². The Kier molecular flexibility index (Phi) is 4.74. The predicted molar refractivity (Wildman–Crippen MR) is 79.4 cm³/mol. The Labute approximate surface area is 115 Å². The van der Waals surface area contributed by atoms with Crippen LogP contribution in [0.3, 0.4) is 0 Å². The maximum Gasteiger partial charge on any atom is 0.0991 e. The van der Waals surface area contributed by atoms with E-state index in [4.69, 9.17) is 0 Å². The zero-order valence-corrected chi connectivity index (χ0v) is 12.0. The van der Waals surface area contributed by atoms with Crippen molar-refractivity contribution in [2.75, 3.05) is 6.54 Å². The third-order valence-corrected chi connectivity index (χ3v) is 3.67. The monoisotopic (exact) mass is 257 g/mol. The molecule has 2 aromatic rings. The lowest BCUT2D eigenvalue weighted by Crippen LogP contribution is -2.24. The summed E-state index contributed by atoms with van der Waals surface area (Å²) in [6.45, 7) is 7.80. The third kappa shape index (κ3) is 3.67. The highest BCUT2D eigenvalue weighted by atomic mass is 15.0. The SMILES string of the molecule is CCC(C)CNC(C)c1ccc(-n2ccnc2)cc1. The summed E-state index contributed by atoms with van der Waals surface area (Å²) in [5, 5.41) is 3.58. The van der Waals surface area contributed by atoms with E-state index in [1.54, 1.807) is 6.20 Å². The van der Waals surface area contributed by atoms with E-state index in [0.717, 1.165) is 18.2 Å². The van der Waals surface area contributed by atoms with Crippen molar-refractivity contribution in [2.45, 2.75) is 33.2 Å². The molecular formula is C16H23N3. The van der Waals surface area contributed by atoms with Gasteiger partial charge in [0.1, 0.15) is 0 Å². The molecule has 1 heterocycles. The lowest BCUT2D eigenvalue weighted by Gasteiger charge is -2.17. The highest BCUT2D eigenvalue weighted by Crippen LogP contribution is 2.16. The van der Waals surface area contributed by atoms with Crippen LogP contribution in [0.25, 0.3) is 5.69 Å². The fourth-order valence-corrected chi connectivity index (χ4v) is 1.99. The summed E-state index contributed by atoms with van der Waals surface area (Å²) >= 11 is 0. The maximum absolute atomic E-state index is 4.06. The van der Waals surface area contributed by atoms with Gasteiger partial charge in [0, 0.05) is 24.1 Å². The molecule has 1 aromatic heterocycles. The fraction of sp³-hybridized carbons (Fsp3) is 0.438. The number of imidazole rings is 1. The van der Waals surface area contributed by atoms with E-state index in [9.17, 15) is 0 Å². The van der Waals surface area contributed by atoms with Crippen LogP contribution in [0.15, 0.2) is 43.0 Å². The normalized spacial score (nSPS) is 14.3. The van der Waals surface area contributed by atoms with Gasteiger partial charge in [-0.05, 0) is 37.1 Å². The number of hydrogen-bond acceptors (Lipinski definition) is 2. The Balaban J connectivity index is 1.98. The first-order valence-electron chi connectivity index (χ1n) is 7.02. The van der Waals surface area contributed by atoms with Crippen molar-refractivity contribution in [2.24, 2.45) is 5.92 Å². The molecule has 1 N–H and O–H groups in total. The van der Waals surface area contributed by atoms with Crippen molar-refractivity contribution in [1.29, 1.82) is 0 Å². The standard InChI is InChI=1S/C16H23N3/c1-4-13(2)11-18-14(3)15-5-7-16(8-6-15)19-10-9-17-12-19/h5-10,12-14,18H,4,11H2,1-3H3. The molecule has 0 bridgehead atoms. The van der Waals surface area contributed by atoms with Crippen LogP contribution in [-0.4, -0.2) is 16.1 Å². The fourth-order valence-electron chi connectivity index (χ4n) is 1.99. The van der Waals surface area contributed by atoms with Gasteiger partial charge in [0.05, 0.1) is 6.33 Å². The molecule has 2 unspecified atom stereocenters. The zero-order valence-electron chi connectivity index (χ0n) is 12.0. The van der Waals surface area contributed by atoms with Gasteiger partial charge in [0.2, 0.25) is 0 Å². The second kappa shape index (κ2) is 6.53. The highest BCUT2D eigenvalue weighted by molar-refractivity contribution is 5.35. The van der Waals surface area contributed by atoms with Crippen LogP contribution in [0, 0.1) is 5.92 Å². The van der Waals surface area contributed by atoms with Gasteiger partial charge in [0.25, 0.3) is 0 Å². The molecule has 0 saturated heterocycles. The topological polar surface area (TPSA) is 29.9 Å². The largest absolute Gasteiger partial charge is 0.310 e. The van der Waals surface area contributed by atoms with Gasteiger partial charge in [-0.1, -0.05) is 32.4 Å². The summed E-state index contributed by atoms with van der Waals surface area (Å²) < 4.78 is 2.01. The molecule has 0 spiro atoms. The minimum atomic E-state index is 0.394. The van der Waals surface area contributed by atoms with Crippen LogP contribution in [-0.2, 0) is 0 Å². The molecule has 0 aliphatic carbocycles. The molecule has 0 amide bonds. The van der Waals surface area contributed by atoms with Gasteiger partial charge in [0.15, 0.2) is 0 Å². The number of nitrogens with one attached hydrogen (secondary N) is 1. The Bertz CT molecular complexity index is 473. The van der Waals surface area contributed by atoms with E-state index >= 15 is 0 Å². The van der Waals surface area contributed by atoms with Crippen molar-refractivity contribution in [3.63, 3.8) is 0 Å². The second-order valence-corrected chi connectivity index (χ2v) is 5.20. The van der Waals surface area contributed by atoms with Crippen LogP contribution in [0.2, 0.25) is 0 Å². The third-order valence-electron chi connectivity index (χ3n) is 3.67. The van der Waals surface area contributed by atoms with Crippen LogP contribution >= 0.6 is 0 Å². The summed E-state index contributed by atoms with van der Waals surface area (Å²) in [6, 6.07) is 9.04. The summed E-state index contributed by atoms with van der Waals surface area (Å²) in [4.78, 5) is 4.06. The molecule has 2 atom stereocenters. The van der Waals surface area contributed by atoms with Crippen molar-refractivity contribution < 1.29 is 0 Å². The Morgan fingerprint density at radius 1 is 1.21 bits per heavy atom. The highest BCUT2D eigenvalue weighted by Gasteiger charge is 2.06.